The number of carbonyl (C=O) groups excluding carboxylic acids is 2. The van der Waals surface area contributed by atoms with Gasteiger partial charge in [-0.15, -0.1) is 0 Å². The molecule has 0 bridgehead atoms. The van der Waals surface area contributed by atoms with Crippen LogP contribution in [0.5, 0.6) is 0 Å². The van der Waals surface area contributed by atoms with E-state index in [1.165, 1.54) is 6.92 Å². The number of piperidine rings is 1. The van der Waals surface area contributed by atoms with Gasteiger partial charge < -0.3 is 29.9 Å². The molecule has 0 aromatic carbocycles. The molecular formula is C33H64N6O6+2. The van der Waals surface area contributed by atoms with Crippen LogP contribution in [-0.2, 0) is 19.1 Å². The molecule has 12 heteroatoms. The fourth-order valence-corrected chi connectivity index (χ4v) is 8.27. The zero-order valence-electron chi connectivity index (χ0n) is 28.1. The van der Waals surface area contributed by atoms with Gasteiger partial charge >= 0.3 is 11.9 Å². The van der Waals surface area contributed by atoms with Gasteiger partial charge in [-0.05, 0) is 68.6 Å². The van der Waals surface area contributed by atoms with Crippen molar-refractivity contribution < 1.29 is 39.6 Å². The summed E-state index contributed by atoms with van der Waals surface area (Å²) in [6.07, 6.45) is 9.67. The number of hydrogen-bond acceptors (Lipinski definition) is 7. The van der Waals surface area contributed by atoms with Crippen molar-refractivity contribution in [3.05, 3.63) is 0 Å². The van der Waals surface area contributed by atoms with Crippen LogP contribution in [0, 0.1) is 23.2 Å². The number of likely N-dealkylation sites (tertiary alicyclic amines) is 1. The summed E-state index contributed by atoms with van der Waals surface area (Å²) < 4.78 is 11.4. The maximum Gasteiger partial charge on any atom is 0.338 e. The lowest BCUT2D eigenvalue weighted by Crippen LogP contribution is -2.94. The van der Waals surface area contributed by atoms with Gasteiger partial charge in [-0.1, -0.05) is 26.2 Å². The minimum Gasteiger partial charge on any atom is -0.462 e. The van der Waals surface area contributed by atoms with Gasteiger partial charge in [0.1, 0.15) is 12.3 Å². The molecule has 1 saturated carbocycles. The standard InChI is InChI=1S/C33H62N6O6/c1-4-5-6-7-26(41)17-27(45-22(2)40)9-8-23-14-25(31(43)28(15-23)44-3)20-39-21-33(19-30(39)42,11-13-38-32(35)36)18-24-10-12-37-29(34)16-24/h23-29,31,37,41,43H,4-21,34H2,1-3H3,(H4,35,36,38)/p+2. The number of amides is 1. The molecule has 0 aromatic heterocycles. The van der Waals surface area contributed by atoms with Crippen molar-refractivity contribution >= 4 is 17.8 Å². The van der Waals surface area contributed by atoms with E-state index < -0.39 is 12.2 Å². The van der Waals surface area contributed by atoms with E-state index in [2.05, 4.69) is 17.2 Å². The third-order valence-electron chi connectivity index (χ3n) is 10.5. The van der Waals surface area contributed by atoms with Crippen LogP contribution in [0.25, 0.3) is 0 Å². The normalized spacial score (nSPS) is 31.9. The van der Waals surface area contributed by atoms with Gasteiger partial charge in [-0.25, -0.2) is 0 Å². The molecule has 9 unspecified atom stereocenters. The van der Waals surface area contributed by atoms with E-state index in [-0.39, 0.29) is 53.5 Å². The van der Waals surface area contributed by atoms with Crippen molar-refractivity contribution in [2.24, 2.45) is 40.4 Å². The summed E-state index contributed by atoms with van der Waals surface area (Å²) in [7, 11) is 1.63. The molecule has 2 heterocycles. The molecule has 3 fully saturated rings. The molecule has 2 saturated heterocycles. The van der Waals surface area contributed by atoms with E-state index in [9.17, 15) is 19.8 Å². The van der Waals surface area contributed by atoms with Crippen molar-refractivity contribution in [3.63, 3.8) is 0 Å². The predicted octanol–water partition coefficient (Wildman–Crippen LogP) is -0.957. The minimum absolute atomic E-state index is 0.102. The fourth-order valence-electron chi connectivity index (χ4n) is 8.27. The molecule has 0 radical (unpaired) electrons. The Bertz CT molecular complexity index is 951. The SMILES string of the molecule is CCCCCC(O)CC(CCC1CC(CN2CC(CC[NH+]=C(N)N)(CC3CC[NH2+]C(N)C3)CC2=O)C(O)C(OC)C1)OC(C)=O. The highest BCUT2D eigenvalue weighted by Gasteiger charge is 2.47. The molecule has 3 aliphatic rings. The van der Waals surface area contributed by atoms with Crippen molar-refractivity contribution in [1.82, 2.24) is 4.90 Å². The summed E-state index contributed by atoms with van der Waals surface area (Å²) in [5.74, 6) is 0.567. The number of methoxy groups -OCH3 is 1. The van der Waals surface area contributed by atoms with Crippen LogP contribution >= 0.6 is 0 Å². The van der Waals surface area contributed by atoms with Crippen LogP contribution in [0.15, 0.2) is 0 Å². The van der Waals surface area contributed by atoms with Crippen LogP contribution in [0.4, 0.5) is 0 Å². The number of aliphatic hydroxyl groups excluding tert-OH is 2. The third-order valence-corrected chi connectivity index (χ3v) is 10.5. The average Bonchev–Trinajstić information content (AvgIpc) is 3.26. The number of quaternary nitrogens is 1. The molecule has 9 atom stereocenters. The molecule has 1 amide bonds. The van der Waals surface area contributed by atoms with Crippen LogP contribution in [-0.4, -0.2) is 96.8 Å². The number of aliphatic hydroxyl groups is 2. The van der Waals surface area contributed by atoms with Crippen LogP contribution in [0.2, 0.25) is 0 Å². The summed E-state index contributed by atoms with van der Waals surface area (Å²) in [4.78, 5) is 30.4. The lowest BCUT2D eigenvalue weighted by atomic mass is 9.73. The number of nitrogens with one attached hydrogen (secondary N) is 1. The van der Waals surface area contributed by atoms with Crippen molar-refractivity contribution in [2.75, 3.05) is 33.3 Å². The summed E-state index contributed by atoms with van der Waals surface area (Å²) in [5, 5.41) is 24.1. The summed E-state index contributed by atoms with van der Waals surface area (Å²) in [6, 6.07) is 0. The first-order valence-electron chi connectivity index (χ1n) is 17.5. The average molecular weight is 641 g/mol. The molecule has 0 aromatic rings. The highest BCUT2D eigenvalue weighted by molar-refractivity contribution is 5.79. The zero-order valence-corrected chi connectivity index (χ0v) is 28.1. The van der Waals surface area contributed by atoms with E-state index in [0.29, 0.717) is 57.7 Å². The van der Waals surface area contributed by atoms with Crippen LogP contribution in [0.1, 0.15) is 104 Å². The Morgan fingerprint density at radius 3 is 2.64 bits per heavy atom. The van der Waals surface area contributed by atoms with Gasteiger partial charge in [0.2, 0.25) is 5.91 Å². The number of nitrogens with two attached hydrogens (primary N) is 4. The number of hydrogen-bond donors (Lipinski definition) is 7. The summed E-state index contributed by atoms with van der Waals surface area (Å²) in [5.41, 5.74) is 17.4. The first-order chi connectivity index (χ1) is 21.4. The van der Waals surface area contributed by atoms with E-state index in [1.54, 1.807) is 7.11 Å². The predicted molar refractivity (Wildman–Crippen MR) is 172 cm³/mol. The van der Waals surface area contributed by atoms with E-state index in [4.69, 9.17) is 26.7 Å². The largest absolute Gasteiger partial charge is 0.462 e. The Morgan fingerprint density at radius 2 is 1.98 bits per heavy atom. The molecule has 45 heavy (non-hydrogen) atoms. The summed E-state index contributed by atoms with van der Waals surface area (Å²) >= 11 is 0. The monoisotopic (exact) mass is 640 g/mol. The number of carbonyl (C=O) groups is 2. The highest BCUT2D eigenvalue weighted by atomic mass is 16.5. The van der Waals surface area contributed by atoms with Crippen molar-refractivity contribution in [2.45, 2.75) is 134 Å². The molecular weight excluding hydrogens is 576 g/mol. The van der Waals surface area contributed by atoms with Gasteiger partial charge in [0.15, 0.2) is 0 Å². The third kappa shape index (κ3) is 12.3. The van der Waals surface area contributed by atoms with Crippen molar-refractivity contribution in [1.29, 1.82) is 0 Å². The number of unbranched alkanes of at least 4 members (excludes halogenated alkanes) is 2. The number of nitrogens with zero attached hydrogens (tertiary/aromatic N) is 1. The zero-order chi connectivity index (χ0) is 33.0. The molecule has 1 aliphatic carbocycles. The van der Waals surface area contributed by atoms with Crippen molar-refractivity contribution in [3.8, 4) is 0 Å². The van der Waals surface area contributed by atoms with Gasteiger partial charge in [0.05, 0.1) is 31.4 Å². The van der Waals surface area contributed by atoms with Crippen LogP contribution in [0.3, 0.4) is 0 Å². The molecule has 3 rings (SSSR count). The Morgan fingerprint density at radius 1 is 1.20 bits per heavy atom. The first kappa shape index (κ1) is 37.5. The molecule has 11 N–H and O–H groups in total. The Kier molecular flexibility index (Phi) is 15.3. The molecule has 12 nitrogen and oxygen atoms in total. The second-order valence-corrected chi connectivity index (χ2v) is 14.4. The lowest BCUT2D eigenvalue weighted by molar-refractivity contribution is -0.699. The van der Waals surface area contributed by atoms with Gasteiger partial charge in [0, 0.05) is 52.3 Å². The number of guanidine groups is 1. The number of esters is 1. The van der Waals surface area contributed by atoms with Gasteiger partial charge in [-0.2, -0.15) is 0 Å². The van der Waals surface area contributed by atoms with E-state index in [0.717, 1.165) is 64.3 Å². The van der Waals surface area contributed by atoms with E-state index in [1.807, 2.05) is 4.90 Å². The second kappa shape index (κ2) is 18.4. The molecule has 260 valence electrons. The Hall–Kier alpha value is -1.99. The van der Waals surface area contributed by atoms with E-state index >= 15 is 0 Å². The van der Waals surface area contributed by atoms with Gasteiger partial charge in [-0.3, -0.25) is 31.8 Å². The topological polar surface area (TPSA) is 205 Å². The highest BCUT2D eigenvalue weighted by Crippen LogP contribution is 2.43. The molecule has 2 aliphatic heterocycles. The van der Waals surface area contributed by atoms with Gasteiger partial charge in [0.25, 0.3) is 0 Å². The van der Waals surface area contributed by atoms with Crippen LogP contribution < -0.4 is 27.5 Å². The number of rotatable bonds is 18. The maximum absolute atomic E-state index is 13.6. The number of ether oxygens (including phenoxy) is 2. The Labute approximate surface area is 270 Å². The lowest BCUT2D eigenvalue weighted by Gasteiger charge is -2.41. The molecule has 0 spiro atoms. The Balaban J connectivity index is 1.65. The fraction of sp³-hybridized carbons (Fsp3) is 0.909. The maximum atomic E-state index is 13.6. The summed E-state index contributed by atoms with van der Waals surface area (Å²) in [6.45, 7) is 6.28. The first-order valence-corrected chi connectivity index (χ1v) is 17.5. The smallest absolute Gasteiger partial charge is 0.338 e. The minimum atomic E-state index is -0.668. The quantitative estimate of drug-likeness (QED) is 0.0426. The second-order valence-electron chi connectivity index (χ2n) is 14.4.